The van der Waals surface area contributed by atoms with Gasteiger partial charge in [0, 0.05) is 6.54 Å². The molecule has 1 amide bonds. The Hall–Kier alpha value is -0.280. The molecule has 0 aliphatic rings. The summed E-state index contributed by atoms with van der Waals surface area (Å²) in [6.45, 7) is 8.32. The van der Waals surface area contributed by atoms with E-state index in [9.17, 15) is 4.79 Å². The third kappa shape index (κ3) is 8.32. The van der Waals surface area contributed by atoms with Gasteiger partial charge >= 0.3 is 0 Å². The van der Waals surface area contributed by atoms with Crippen LogP contribution in [-0.4, -0.2) is 30.0 Å². The Morgan fingerprint density at radius 1 is 1.50 bits per heavy atom. The lowest BCUT2D eigenvalue weighted by molar-refractivity contribution is -0.130. The lowest BCUT2D eigenvalue weighted by atomic mass is 10.2. The maximum atomic E-state index is 11.2. The molecule has 0 rings (SSSR count). The van der Waals surface area contributed by atoms with Crippen LogP contribution in [0.5, 0.6) is 0 Å². The Morgan fingerprint density at radius 2 is 2.07 bits per heavy atom. The van der Waals surface area contributed by atoms with E-state index in [0.717, 1.165) is 6.42 Å². The van der Waals surface area contributed by atoms with Crippen molar-refractivity contribution in [2.45, 2.75) is 45.1 Å². The van der Waals surface area contributed by atoms with Crippen molar-refractivity contribution in [1.29, 1.82) is 0 Å². The second kappa shape index (κ2) is 6.25. The van der Waals surface area contributed by atoms with Crippen LogP contribution in [0.2, 0.25) is 0 Å². The zero-order valence-electron chi connectivity index (χ0n) is 9.39. The molecule has 0 spiro atoms. The van der Waals surface area contributed by atoms with Crippen molar-refractivity contribution < 1.29 is 9.53 Å². The molecule has 0 aromatic heterocycles. The molecule has 0 aliphatic heterocycles. The Balaban J connectivity index is 3.57. The van der Waals surface area contributed by atoms with Crippen molar-refractivity contribution in [3.8, 4) is 0 Å². The first-order valence-electron chi connectivity index (χ1n) is 4.90. The fraction of sp³-hybridized carbons (Fsp3) is 0.900. The first-order valence-corrected chi connectivity index (χ1v) is 5.33. The van der Waals surface area contributed by atoms with Crippen LogP contribution in [0.15, 0.2) is 0 Å². The van der Waals surface area contributed by atoms with Crippen molar-refractivity contribution in [2.75, 3.05) is 13.2 Å². The number of carbonyl (C=O) groups excluding carboxylic acids is 1. The zero-order chi connectivity index (χ0) is 11.2. The monoisotopic (exact) mass is 221 g/mol. The van der Waals surface area contributed by atoms with Gasteiger partial charge < -0.3 is 10.1 Å². The number of hydrogen-bond donors (Lipinski definition) is 1. The van der Waals surface area contributed by atoms with E-state index in [-0.39, 0.29) is 23.5 Å². The van der Waals surface area contributed by atoms with Gasteiger partial charge in [-0.1, -0.05) is 6.92 Å². The van der Waals surface area contributed by atoms with E-state index < -0.39 is 0 Å². The molecular weight excluding hydrogens is 202 g/mol. The lowest BCUT2D eigenvalue weighted by Gasteiger charge is -2.19. The summed E-state index contributed by atoms with van der Waals surface area (Å²) in [5.74, 6) is -0.112. The van der Waals surface area contributed by atoms with Crippen LogP contribution >= 0.6 is 11.6 Å². The van der Waals surface area contributed by atoms with Crippen LogP contribution in [0.25, 0.3) is 0 Å². The molecule has 0 bridgehead atoms. The highest BCUT2D eigenvalue weighted by Crippen LogP contribution is 2.05. The molecule has 0 fully saturated rings. The fourth-order valence-corrected chi connectivity index (χ4v) is 0.779. The van der Waals surface area contributed by atoms with Crippen LogP contribution in [0.1, 0.15) is 34.1 Å². The molecule has 0 radical (unpaired) electrons. The van der Waals surface area contributed by atoms with Gasteiger partial charge in [0.15, 0.2) is 0 Å². The maximum Gasteiger partial charge on any atom is 0.246 e. The van der Waals surface area contributed by atoms with Crippen molar-refractivity contribution >= 4 is 17.5 Å². The molecule has 0 saturated carbocycles. The number of hydrogen-bond acceptors (Lipinski definition) is 2. The molecular formula is C10H20ClNO2. The molecule has 1 unspecified atom stereocenters. The fourth-order valence-electron chi connectivity index (χ4n) is 0.702. The van der Waals surface area contributed by atoms with E-state index in [1.165, 1.54) is 0 Å². The SMILES string of the molecule is CCC(Cl)CNC(=O)COC(C)(C)C. The van der Waals surface area contributed by atoms with Gasteiger partial charge in [0.1, 0.15) is 6.61 Å². The second-order valence-electron chi connectivity index (χ2n) is 4.21. The van der Waals surface area contributed by atoms with Crippen LogP contribution in [0.4, 0.5) is 0 Å². The smallest absolute Gasteiger partial charge is 0.246 e. The molecule has 84 valence electrons. The number of nitrogens with one attached hydrogen (secondary N) is 1. The first-order chi connectivity index (χ1) is 6.35. The predicted molar refractivity (Wildman–Crippen MR) is 58.6 cm³/mol. The Bertz CT molecular complexity index is 177. The topological polar surface area (TPSA) is 38.3 Å². The van der Waals surface area contributed by atoms with Gasteiger partial charge in [-0.05, 0) is 27.2 Å². The predicted octanol–water partition coefficient (Wildman–Crippen LogP) is 1.94. The molecule has 3 nitrogen and oxygen atoms in total. The Labute approximate surface area is 91.2 Å². The minimum Gasteiger partial charge on any atom is -0.366 e. The third-order valence-corrected chi connectivity index (χ3v) is 2.06. The minimum absolute atomic E-state index is 0.00795. The van der Waals surface area contributed by atoms with Crippen molar-refractivity contribution in [2.24, 2.45) is 0 Å². The summed E-state index contributed by atoms with van der Waals surface area (Å²) in [7, 11) is 0. The number of carbonyl (C=O) groups is 1. The van der Waals surface area contributed by atoms with Crippen LogP contribution < -0.4 is 5.32 Å². The minimum atomic E-state index is -0.275. The summed E-state index contributed by atoms with van der Waals surface area (Å²) in [5.41, 5.74) is -0.275. The average Bonchev–Trinajstić information content (AvgIpc) is 2.09. The van der Waals surface area contributed by atoms with E-state index in [1.54, 1.807) is 0 Å². The quantitative estimate of drug-likeness (QED) is 0.721. The number of halogens is 1. The van der Waals surface area contributed by atoms with E-state index in [1.807, 2.05) is 27.7 Å². The van der Waals surface area contributed by atoms with Crippen molar-refractivity contribution in [3.05, 3.63) is 0 Å². The largest absolute Gasteiger partial charge is 0.366 e. The normalized spacial score (nSPS) is 13.8. The molecule has 0 aliphatic carbocycles. The van der Waals surface area contributed by atoms with Crippen LogP contribution in [0.3, 0.4) is 0 Å². The van der Waals surface area contributed by atoms with Gasteiger partial charge in [-0.2, -0.15) is 0 Å². The number of rotatable bonds is 5. The summed E-state index contributed by atoms with van der Waals surface area (Å²) in [4.78, 5) is 11.2. The van der Waals surface area contributed by atoms with Gasteiger partial charge in [0.25, 0.3) is 0 Å². The zero-order valence-corrected chi connectivity index (χ0v) is 10.1. The van der Waals surface area contributed by atoms with E-state index in [2.05, 4.69) is 5.32 Å². The number of alkyl halides is 1. The van der Waals surface area contributed by atoms with Crippen LogP contribution in [-0.2, 0) is 9.53 Å². The standard InChI is InChI=1S/C10H20ClNO2/c1-5-8(11)6-12-9(13)7-14-10(2,3)4/h8H,5-7H2,1-4H3,(H,12,13). The summed E-state index contributed by atoms with van der Waals surface area (Å²) < 4.78 is 5.30. The third-order valence-electron chi connectivity index (χ3n) is 1.60. The molecule has 1 atom stereocenters. The highest BCUT2D eigenvalue weighted by molar-refractivity contribution is 6.20. The van der Waals surface area contributed by atoms with E-state index in [4.69, 9.17) is 16.3 Å². The molecule has 4 heteroatoms. The second-order valence-corrected chi connectivity index (χ2v) is 4.83. The van der Waals surface area contributed by atoms with E-state index >= 15 is 0 Å². The summed E-state index contributed by atoms with van der Waals surface area (Å²) in [6, 6.07) is 0. The molecule has 0 aromatic carbocycles. The molecule has 1 N–H and O–H groups in total. The molecule has 0 aromatic rings. The van der Waals surface area contributed by atoms with Gasteiger partial charge in [-0.25, -0.2) is 0 Å². The summed E-state index contributed by atoms with van der Waals surface area (Å²) in [5, 5.41) is 2.72. The summed E-state index contributed by atoms with van der Waals surface area (Å²) in [6.07, 6.45) is 0.849. The van der Waals surface area contributed by atoms with Gasteiger partial charge in [0.2, 0.25) is 5.91 Å². The Kier molecular flexibility index (Phi) is 6.12. The lowest BCUT2D eigenvalue weighted by Crippen LogP contribution is -2.35. The molecule has 0 saturated heterocycles. The number of ether oxygens (including phenoxy) is 1. The molecule has 14 heavy (non-hydrogen) atoms. The van der Waals surface area contributed by atoms with Crippen molar-refractivity contribution in [1.82, 2.24) is 5.32 Å². The van der Waals surface area contributed by atoms with Crippen LogP contribution in [0, 0.1) is 0 Å². The Morgan fingerprint density at radius 3 is 2.50 bits per heavy atom. The summed E-state index contributed by atoms with van der Waals surface area (Å²) >= 11 is 5.84. The van der Waals surface area contributed by atoms with Gasteiger partial charge in [0.05, 0.1) is 11.0 Å². The van der Waals surface area contributed by atoms with Crippen molar-refractivity contribution in [3.63, 3.8) is 0 Å². The van der Waals surface area contributed by atoms with Gasteiger partial charge in [-0.15, -0.1) is 11.6 Å². The van der Waals surface area contributed by atoms with Gasteiger partial charge in [-0.3, -0.25) is 4.79 Å². The molecule has 0 heterocycles. The highest BCUT2D eigenvalue weighted by Gasteiger charge is 2.13. The highest BCUT2D eigenvalue weighted by atomic mass is 35.5. The number of amides is 1. The first kappa shape index (κ1) is 13.7. The maximum absolute atomic E-state index is 11.2. The van der Waals surface area contributed by atoms with E-state index in [0.29, 0.717) is 6.54 Å². The average molecular weight is 222 g/mol.